The van der Waals surface area contributed by atoms with Crippen LogP contribution < -0.4 is 11.2 Å². The van der Waals surface area contributed by atoms with Crippen LogP contribution in [-0.2, 0) is 21.4 Å². The second kappa shape index (κ2) is 12.6. The average molecular weight is 575 g/mol. The van der Waals surface area contributed by atoms with Gasteiger partial charge in [-0.25, -0.2) is 15.8 Å². The number of hydrogen-bond donors (Lipinski definition) is 2. The van der Waals surface area contributed by atoms with Crippen molar-refractivity contribution in [1.82, 2.24) is 20.3 Å². The van der Waals surface area contributed by atoms with E-state index in [-0.39, 0.29) is 11.8 Å². The van der Waals surface area contributed by atoms with E-state index in [2.05, 4.69) is 26.5 Å². The Morgan fingerprint density at radius 2 is 1.76 bits per heavy atom. The van der Waals surface area contributed by atoms with Crippen molar-refractivity contribution >= 4 is 34.6 Å². The van der Waals surface area contributed by atoms with E-state index in [0.29, 0.717) is 10.7 Å². The van der Waals surface area contributed by atoms with E-state index in [1.807, 2.05) is 63.5 Å². The summed E-state index contributed by atoms with van der Waals surface area (Å²) in [4.78, 5) is 59.4. The van der Waals surface area contributed by atoms with Crippen molar-refractivity contribution in [3.63, 3.8) is 0 Å². The molecule has 3 aromatic rings. The molecule has 11 heteroatoms. The van der Waals surface area contributed by atoms with E-state index in [9.17, 15) is 19.3 Å². The van der Waals surface area contributed by atoms with Gasteiger partial charge in [0.25, 0.3) is 5.91 Å². The van der Waals surface area contributed by atoms with Crippen LogP contribution in [0.4, 0.5) is 0 Å². The van der Waals surface area contributed by atoms with E-state index in [1.165, 1.54) is 23.8 Å². The highest BCUT2D eigenvalue weighted by Gasteiger charge is 2.32. The van der Waals surface area contributed by atoms with Gasteiger partial charge in [0.15, 0.2) is 5.82 Å². The number of hydrazine groups is 1. The normalized spacial score (nSPS) is 14.6. The molecule has 0 aliphatic heterocycles. The van der Waals surface area contributed by atoms with Crippen molar-refractivity contribution in [2.24, 2.45) is 11.0 Å². The minimum absolute atomic E-state index is 0.0647. The molecule has 0 radical (unpaired) electrons. The van der Waals surface area contributed by atoms with E-state index < -0.39 is 29.8 Å². The van der Waals surface area contributed by atoms with Gasteiger partial charge in [0.05, 0.1) is 4.88 Å². The Balaban J connectivity index is 1.54. The van der Waals surface area contributed by atoms with Crippen LogP contribution in [0.15, 0.2) is 60.0 Å². The van der Waals surface area contributed by atoms with Crippen LogP contribution in [0.2, 0.25) is 0 Å². The Kier molecular flexibility index (Phi) is 9.19. The third kappa shape index (κ3) is 7.17. The minimum Gasteiger partial charge on any atom is -0.343 e. The number of amides is 3. The zero-order valence-electron chi connectivity index (χ0n) is 23.6. The van der Waals surface area contributed by atoms with E-state index >= 15 is 0 Å². The van der Waals surface area contributed by atoms with Gasteiger partial charge in [-0.15, -0.1) is 16.2 Å². The van der Waals surface area contributed by atoms with Crippen molar-refractivity contribution in [2.75, 3.05) is 0 Å². The SMILES string of the molecule is C[C@@H](NC(=O)[C@H](Cc1ccc(-c2ncc(C3=CCCC3)cn2)cc1)N(N)C(=O)c1ccc(C(C)(C)C)s1)C(=O)N=O. The molecule has 4 rings (SSSR count). The number of nitroso groups, excluding NO2 is 1. The molecule has 0 bridgehead atoms. The summed E-state index contributed by atoms with van der Waals surface area (Å²) in [6, 6.07) is 8.55. The molecular weight excluding hydrogens is 540 g/mol. The van der Waals surface area contributed by atoms with Crippen LogP contribution in [0.1, 0.15) is 72.6 Å². The van der Waals surface area contributed by atoms with Crippen LogP contribution in [0, 0.1) is 4.91 Å². The number of hydrogen-bond acceptors (Lipinski definition) is 8. The first-order valence-corrected chi connectivity index (χ1v) is 14.3. The summed E-state index contributed by atoms with van der Waals surface area (Å²) in [6.07, 6.45) is 9.22. The number of carbonyl (C=O) groups is 3. The first kappa shape index (κ1) is 29.9. The molecule has 0 fully saturated rings. The molecule has 214 valence electrons. The van der Waals surface area contributed by atoms with Crippen molar-refractivity contribution in [1.29, 1.82) is 0 Å². The standard InChI is InChI=1S/C30H34N6O4S/c1-18(27(37)35-40)34-28(38)23(36(31)29(39)24-13-14-25(41-24)30(2,3)4)15-19-9-11-21(12-10-19)26-32-16-22(17-33-26)20-7-5-6-8-20/h7,9-14,16-18,23H,5-6,8,15,31H2,1-4H3,(H,34,38)/t18-,23+/m1/s1. The van der Waals surface area contributed by atoms with Crippen molar-refractivity contribution < 1.29 is 14.4 Å². The lowest BCUT2D eigenvalue weighted by atomic mass is 9.95. The summed E-state index contributed by atoms with van der Waals surface area (Å²) in [5.74, 6) is 4.61. The van der Waals surface area contributed by atoms with E-state index in [0.717, 1.165) is 45.8 Å². The summed E-state index contributed by atoms with van der Waals surface area (Å²) in [7, 11) is 0. The smallest absolute Gasteiger partial charge is 0.308 e. The quantitative estimate of drug-likeness (QED) is 0.161. The second-order valence-electron chi connectivity index (χ2n) is 11.1. The van der Waals surface area contributed by atoms with Gasteiger partial charge in [-0.1, -0.05) is 51.1 Å². The number of aromatic nitrogens is 2. The fourth-order valence-corrected chi connectivity index (χ4v) is 5.49. The molecule has 1 aliphatic carbocycles. The molecule has 0 unspecified atom stereocenters. The largest absolute Gasteiger partial charge is 0.343 e. The Morgan fingerprint density at radius 1 is 1.07 bits per heavy atom. The van der Waals surface area contributed by atoms with Crippen LogP contribution in [0.5, 0.6) is 0 Å². The molecule has 0 spiro atoms. The summed E-state index contributed by atoms with van der Waals surface area (Å²) in [5, 5.41) is 5.71. The average Bonchev–Trinajstić information content (AvgIpc) is 3.68. The molecule has 2 aromatic heterocycles. The maximum atomic E-state index is 13.3. The first-order chi connectivity index (χ1) is 19.5. The number of nitrogens with one attached hydrogen (secondary N) is 1. The Morgan fingerprint density at radius 3 is 2.32 bits per heavy atom. The highest BCUT2D eigenvalue weighted by molar-refractivity contribution is 7.14. The highest BCUT2D eigenvalue weighted by Crippen LogP contribution is 2.30. The summed E-state index contributed by atoms with van der Waals surface area (Å²) < 4.78 is 0. The molecule has 3 amide bonds. The lowest BCUT2D eigenvalue weighted by Gasteiger charge is -2.27. The second-order valence-corrected chi connectivity index (χ2v) is 12.2. The lowest BCUT2D eigenvalue weighted by molar-refractivity contribution is -0.130. The van der Waals surface area contributed by atoms with Gasteiger partial charge >= 0.3 is 5.91 Å². The zero-order valence-corrected chi connectivity index (χ0v) is 24.4. The number of benzene rings is 1. The number of thiophene rings is 1. The molecule has 0 saturated carbocycles. The maximum absolute atomic E-state index is 13.3. The summed E-state index contributed by atoms with van der Waals surface area (Å²) >= 11 is 1.31. The minimum atomic E-state index is -1.16. The summed E-state index contributed by atoms with van der Waals surface area (Å²) in [6.45, 7) is 7.47. The topological polar surface area (TPSA) is 148 Å². The Bertz CT molecular complexity index is 1460. The third-order valence-electron chi connectivity index (χ3n) is 6.95. The van der Waals surface area contributed by atoms with Gasteiger partial charge in [-0.3, -0.25) is 19.4 Å². The monoisotopic (exact) mass is 574 g/mol. The van der Waals surface area contributed by atoms with E-state index in [1.54, 1.807) is 6.07 Å². The molecule has 41 heavy (non-hydrogen) atoms. The molecule has 2 heterocycles. The number of nitrogens with zero attached hydrogens (tertiary/aromatic N) is 4. The number of carbonyl (C=O) groups excluding carboxylic acids is 3. The molecule has 0 saturated heterocycles. The van der Waals surface area contributed by atoms with Crippen molar-refractivity contribution in [2.45, 2.75) is 70.9 Å². The van der Waals surface area contributed by atoms with Crippen LogP contribution in [-0.4, -0.2) is 44.8 Å². The number of allylic oxidation sites excluding steroid dienone is 2. The van der Waals surface area contributed by atoms with Gasteiger partial charge in [-0.05, 0) is 54.9 Å². The molecule has 3 N–H and O–H groups in total. The van der Waals surface area contributed by atoms with Crippen LogP contribution >= 0.6 is 11.3 Å². The van der Waals surface area contributed by atoms with Gasteiger partial charge in [0, 0.05) is 40.0 Å². The first-order valence-electron chi connectivity index (χ1n) is 13.4. The van der Waals surface area contributed by atoms with Crippen molar-refractivity contribution in [3.8, 4) is 11.4 Å². The molecule has 1 aromatic carbocycles. The molecule has 1 aliphatic rings. The van der Waals surface area contributed by atoms with Gasteiger partial charge in [0.1, 0.15) is 12.1 Å². The predicted molar refractivity (Wildman–Crippen MR) is 159 cm³/mol. The third-order valence-corrected chi connectivity index (χ3v) is 8.45. The van der Waals surface area contributed by atoms with Crippen molar-refractivity contribution in [3.05, 3.63) is 80.7 Å². The van der Waals surface area contributed by atoms with E-state index in [4.69, 9.17) is 5.84 Å². The number of rotatable bonds is 9. The Labute approximate surface area is 243 Å². The van der Waals surface area contributed by atoms with Gasteiger partial charge in [0.2, 0.25) is 5.91 Å². The van der Waals surface area contributed by atoms with Crippen LogP contribution in [0.3, 0.4) is 0 Å². The summed E-state index contributed by atoms with van der Waals surface area (Å²) in [5.41, 5.74) is 3.67. The van der Waals surface area contributed by atoms with Crippen LogP contribution in [0.25, 0.3) is 17.0 Å². The molecule has 10 nitrogen and oxygen atoms in total. The fourth-order valence-electron chi connectivity index (χ4n) is 4.48. The lowest BCUT2D eigenvalue weighted by Crippen LogP contribution is -2.56. The van der Waals surface area contributed by atoms with Gasteiger partial charge < -0.3 is 5.32 Å². The highest BCUT2D eigenvalue weighted by atomic mass is 32.1. The zero-order chi connectivity index (χ0) is 29.7. The predicted octanol–water partition coefficient (Wildman–Crippen LogP) is 4.79. The maximum Gasteiger partial charge on any atom is 0.308 e. The molecule has 2 atom stereocenters. The van der Waals surface area contributed by atoms with Gasteiger partial charge in [-0.2, -0.15) is 0 Å². The fraction of sp³-hybridized carbons (Fsp3) is 0.367. The molecular formula is C30H34N6O4S. The Hall–Kier alpha value is -4.09. The number of nitrogens with two attached hydrogens (primary N) is 1.